The van der Waals surface area contributed by atoms with Crippen LogP contribution in [0.3, 0.4) is 0 Å². The van der Waals surface area contributed by atoms with Crippen LogP contribution in [0.2, 0.25) is 0 Å². The molecule has 0 spiro atoms. The number of nitrogens with zero attached hydrogens (tertiary/aromatic N) is 1. The number of aromatic nitrogens is 1. The largest absolute Gasteiger partial charge is 0.392 e. The summed E-state index contributed by atoms with van der Waals surface area (Å²) in [7, 11) is 0. The number of hydrogen-bond donors (Lipinski definition) is 2. The Morgan fingerprint density at radius 1 is 1.53 bits per heavy atom. The van der Waals surface area contributed by atoms with Crippen LogP contribution in [0.4, 0.5) is 0 Å². The fraction of sp³-hybridized carbons (Fsp3) is 0.538. The predicted molar refractivity (Wildman–Crippen MR) is 64.6 cm³/mol. The maximum absolute atomic E-state index is 11.9. The lowest BCUT2D eigenvalue weighted by Crippen LogP contribution is -2.61. The Labute approximate surface area is 101 Å². The number of amides is 1. The summed E-state index contributed by atoms with van der Waals surface area (Å²) in [5.74, 6) is -0.123. The van der Waals surface area contributed by atoms with Crippen LogP contribution in [-0.2, 0) is 0 Å². The van der Waals surface area contributed by atoms with Crippen molar-refractivity contribution in [2.75, 3.05) is 0 Å². The molecule has 17 heavy (non-hydrogen) atoms. The molecule has 1 aromatic rings. The fourth-order valence-corrected chi connectivity index (χ4v) is 1.99. The van der Waals surface area contributed by atoms with Crippen LogP contribution in [-0.4, -0.2) is 28.1 Å². The van der Waals surface area contributed by atoms with E-state index >= 15 is 0 Å². The predicted octanol–water partition coefficient (Wildman–Crippen LogP) is 1.28. The molecule has 2 unspecified atom stereocenters. The van der Waals surface area contributed by atoms with E-state index < -0.39 is 0 Å². The second kappa shape index (κ2) is 4.11. The van der Waals surface area contributed by atoms with Gasteiger partial charge in [0.15, 0.2) is 0 Å². The quantitative estimate of drug-likeness (QED) is 0.810. The van der Waals surface area contributed by atoms with Gasteiger partial charge in [0, 0.05) is 23.3 Å². The molecule has 0 aliphatic heterocycles. The lowest BCUT2D eigenvalue weighted by molar-refractivity contribution is -0.0689. The minimum atomic E-state index is -0.330. The monoisotopic (exact) mass is 234 g/mol. The van der Waals surface area contributed by atoms with Gasteiger partial charge >= 0.3 is 0 Å². The number of rotatable bonds is 2. The average molecular weight is 234 g/mol. The van der Waals surface area contributed by atoms with E-state index in [1.54, 1.807) is 12.3 Å². The molecule has 1 aromatic heterocycles. The second-order valence-corrected chi connectivity index (χ2v) is 5.29. The summed E-state index contributed by atoms with van der Waals surface area (Å²) in [6.07, 6.45) is 1.87. The highest BCUT2D eigenvalue weighted by Gasteiger charge is 2.47. The van der Waals surface area contributed by atoms with Crippen molar-refractivity contribution in [1.29, 1.82) is 0 Å². The maximum atomic E-state index is 11.9. The molecule has 0 radical (unpaired) electrons. The third-order valence-corrected chi connectivity index (χ3v) is 3.69. The zero-order valence-electron chi connectivity index (χ0n) is 10.4. The van der Waals surface area contributed by atoms with Crippen LogP contribution in [0.25, 0.3) is 0 Å². The summed E-state index contributed by atoms with van der Waals surface area (Å²) in [6.45, 7) is 5.80. The molecule has 2 rings (SSSR count). The van der Waals surface area contributed by atoms with Gasteiger partial charge < -0.3 is 10.4 Å². The molecular formula is C13H18N2O2. The summed E-state index contributed by atoms with van der Waals surface area (Å²) in [6, 6.07) is 3.61. The third-order valence-electron chi connectivity index (χ3n) is 3.69. The number of aryl methyl sites for hydroxylation is 1. The molecule has 1 aliphatic carbocycles. The summed E-state index contributed by atoms with van der Waals surface area (Å²) >= 11 is 0. The highest BCUT2D eigenvalue weighted by Crippen LogP contribution is 2.40. The molecule has 0 bridgehead atoms. The van der Waals surface area contributed by atoms with E-state index in [9.17, 15) is 9.90 Å². The van der Waals surface area contributed by atoms with Crippen molar-refractivity contribution in [2.45, 2.75) is 39.3 Å². The van der Waals surface area contributed by atoms with E-state index in [0.29, 0.717) is 12.0 Å². The normalized spacial score (nSPS) is 26.1. The van der Waals surface area contributed by atoms with Gasteiger partial charge in [-0.2, -0.15) is 0 Å². The molecular weight excluding hydrogens is 216 g/mol. The van der Waals surface area contributed by atoms with Crippen LogP contribution in [0.5, 0.6) is 0 Å². The Morgan fingerprint density at radius 2 is 2.24 bits per heavy atom. The fourth-order valence-electron chi connectivity index (χ4n) is 1.99. The van der Waals surface area contributed by atoms with Gasteiger partial charge in [0.2, 0.25) is 0 Å². The maximum Gasteiger partial charge on any atom is 0.253 e. The third kappa shape index (κ3) is 2.17. The Hall–Kier alpha value is -1.42. The first-order valence-corrected chi connectivity index (χ1v) is 5.83. The molecule has 1 aliphatic rings. The van der Waals surface area contributed by atoms with E-state index in [4.69, 9.17) is 0 Å². The number of aliphatic hydroxyl groups excluding tert-OH is 1. The Bertz CT molecular complexity index is 426. The molecule has 1 heterocycles. The molecule has 0 aromatic carbocycles. The molecule has 92 valence electrons. The second-order valence-electron chi connectivity index (χ2n) is 5.29. The van der Waals surface area contributed by atoms with E-state index in [0.717, 1.165) is 5.69 Å². The highest BCUT2D eigenvalue weighted by molar-refractivity contribution is 5.94. The first-order chi connectivity index (χ1) is 7.91. The van der Waals surface area contributed by atoms with Crippen LogP contribution in [0, 0.1) is 12.3 Å². The zero-order chi connectivity index (χ0) is 12.6. The molecule has 1 amide bonds. The summed E-state index contributed by atoms with van der Waals surface area (Å²) in [5, 5.41) is 12.5. The number of hydrogen-bond acceptors (Lipinski definition) is 3. The molecule has 2 atom stereocenters. The van der Waals surface area contributed by atoms with Crippen molar-refractivity contribution >= 4 is 5.91 Å². The summed E-state index contributed by atoms with van der Waals surface area (Å²) in [4.78, 5) is 16.0. The molecule has 4 heteroatoms. The lowest BCUT2D eigenvalue weighted by Gasteiger charge is -2.49. The standard InChI is InChI=1S/C13H18N2O2/c1-8-4-5-9(7-14-8)12(17)15-10-6-11(16)13(10,2)3/h4-5,7,10-11,16H,6H2,1-3H3,(H,15,17). The smallest absolute Gasteiger partial charge is 0.253 e. The van der Waals surface area contributed by atoms with Gasteiger partial charge in [-0.1, -0.05) is 13.8 Å². The summed E-state index contributed by atoms with van der Waals surface area (Å²) in [5.41, 5.74) is 1.21. The van der Waals surface area contributed by atoms with E-state index in [-0.39, 0.29) is 23.5 Å². The van der Waals surface area contributed by atoms with Crippen molar-refractivity contribution in [2.24, 2.45) is 5.41 Å². The molecule has 2 N–H and O–H groups in total. The molecule has 4 nitrogen and oxygen atoms in total. The number of aliphatic hydroxyl groups is 1. The van der Waals surface area contributed by atoms with Gasteiger partial charge in [-0.25, -0.2) is 0 Å². The van der Waals surface area contributed by atoms with Crippen LogP contribution in [0.1, 0.15) is 36.3 Å². The van der Waals surface area contributed by atoms with Crippen LogP contribution in [0.15, 0.2) is 18.3 Å². The minimum Gasteiger partial charge on any atom is -0.392 e. The highest BCUT2D eigenvalue weighted by atomic mass is 16.3. The summed E-state index contributed by atoms with van der Waals surface area (Å²) < 4.78 is 0. The van der Waals surface area contributed by atoms with E-state index in [1.807, 2.05) is 26.8 Å². The minimum absolute atomic E-state index is 0.0336. The van der Waals surface area contributed by atoms with Gasteiger partial charge in [-0.05, 0) is 25.5 Å². The first-order valence-electron chi connectivity index (χ1n) is 5.83. The van der Waals surface area contributed by atoms with Gasteiger partial charge in [-0.15, -0.1) is 0 Å². The number of nitrogens with one attached hydrogen (secondary N) is 1. The number of carbonyl (C=O) groups is 1. The van der Waals surface area contributed by atoms with E-state index in [2.05, 4.69) is 10.3 Å². The average Bonchev–Trinajstić information content (AvgIpc) is 2.29. The Balaban J connectivity index is 2.01. The molecule has 1 fully saturated rings. The lowest BCUT2D eigenvalue weighted by atomic mass is 9.64. The van der Waals surface area contributed by atoms with Gasteiger partial charge in [0.05, 0.1) is 11.7 Å². The van der Waals surface area contributed by atoms with Gasteiger partial charge in [-0.3, -0.25) is 9.78 Å². The molecule has 1 saturated carbocycles. The van der Waals surface area contributed by atoms with Crippen molar-refractivity contribution in [3.05, 3.63) is 29.6 Å². The van der Waals surface area contributed by atoms with Crippen molar-refractivity contribution < 1.29 is 9.90 Å². The van der Waals surface area contributed by atoms with Crippen molar-refractivity contribution in [3.63, 3.8) is 0 Å². The van der Waals surface area contributed by atoms with Crippen molar-refractivity contribution in [3.8, 4) is 0 Å². The molecule has 0 saturated heterocycles. The van der Waals surface area contributed by atoms with E-state index in [1.165, 1.54) is 0 Å². The van der Waals surface area contributed by atoms with Crippen LogP contribution >= 0.6 is 0 Å². The zero-order valence-corrected chi connectivity index (χ0v) is 10.4. The number of pyridine rings is 1. The number of carbonyl (C=O) groups excluding carboxylic acids is 1. The SMILES string of the molecule is Cc1ccc(C(=O)NC2CC(O)C2(C)C)cn1. The van der Waals surface area contributed by atoms with Crippen molar-refractivity contribution in [1.82, 2.24) is 10.3 Å². The van der Waals surface area contributed by atoms with Crippen LogP contribution < -0.4 is 5.32 Å². The van der Waals surface area contributed by atoms with Gasteiger partial charge in [0.25, 0.3) is 5.91 Å². The topological polar surface area (TPSA) is 62.2 Å². The Kier molecular flexibility index (Phi) is 2.91. The Morgan fingerprint density at radius 3 is 2.71 bits per heavy atom. The first kappa shape index (κ1) is 12.0. The van der Waals surface area contributed by atoms with Gasteiger partial charge in [0.1, 0.15) is 0 Å².